The Kier molecular flexibility index (Phi) is 8.17. The lowest BCUT2D eigenvalue weighted by molar-refractivity contribution is 0.669. The average molecular weight is 779 g/mol. The van der Waals surface area contributed by atoms with Gasteiger partial charge in [-0.2, -0.15) is 0 Å². The molecule has 0 N–H and O–H groups in total. The van der Waals surface area contributed by atoms with E-state index in [-0.39, 0.29) is 0 Å². The summed E-state index contributed by atoms with van der Waals surface area (Å²) in [6.07, 6.45) is 0. The molecule has 2 aromatic heterocycles. The summed E-state index contributed by atoms with van der Waals surface area (Å²) in [5.41, 5.74) is 15.3. The van der Waals surface area contributed by atoms with Gasteiger partial charge < -0.3 is 13.9 Å². The minimum atomic E-state index is 0.845. The lowest BCUT2D eigenvalue weighted by atomic mass is 9.90. The van der Waals surface area contributed by atoms with Crippen LogP contribution >= 0.6 is 0 Å². The van der Waals surface area contributed by atoms with Crippen molar-refractivity contribution < 1.29 is 4.42 Å². The zero-order valence-electron chi connectivity index (χ0n) is 33.2. The summed E-state index contributed by atoms with van der Waals surface area (Å²) in [7, 11) is 0. The molecule has 0 amide bonds. The largest absolute Gasteiger partial charge is 0.454 e. The molecular weight excluding hydrogens is 741 g/mol. The van der Waals surface area contributed by atoms with Crippen LogP contribution in [0.1, 0.15) is 0 Å². The Morgan fingerprint density at radius 1 is 0.377 bits per heavy atom. The number of hydrogen-bond donors (Lipinski definition) is 0. The number of hydrogen-bond acceptors (Lipinski definition) is 2. The highest BCUT2D eigenvalue weighted by molar-refractivity contribution is 6.15. The summed E-state index contributed by atoms with van der Waals surface area (Å²) >= 11 is 0. The normalized spacial score (nSPS) is 11.6. The molecule has 0 saturated heterocycles. The van der Waals surface area contributed by atoms with Gasteiger partial charge >= 0.3 is 0 Å². The Bertz CT molecular complexity index is 3590. The number of anilines is 3. The lowest BCUT2D eigenvalue weighted by Gasteiger charge is -2.29. The van der Waals surface area contributed by atoms with Gasteiger partial charge in [-0.1, -0.05) is 182 Å². The highest BCUT2D eigenvalue weighted by atomic mass is 16.3. The topological polar surface area (TPSA) is 21.3 Å². The maximum Gasteiger partial charge on any atom is 0.159 e. The van der Waals surface area contributed by atoms with E-state index in [4.69, 9.17) is 4.42 Å². The van der Waals surface area contributed by atoms with Crippen LogP contribution in [-0.2, 0) is 0 Å². The van der Waals surface area contributed by atoms with Crippen molar-refractivity contribution in [2.24, 2.45) is 0 Å². The quantitative estimate of drug-likeness (QED) is 0.161. The van der Waals surface area contributed by atoms with Crippen LogP contribution in [0.2, 0.25) is 0 Å². The van der Waals surface area contributed by atoms with Gasteiger partial charge in [0, 0.05) is 44.0 Å². The average Bonchev–Trinajstić information content (AvgIpc) is 3.89. The molecule has 0 bridgehead atoms. The summed E-state index contributed by atoms with van der Waals surface area (Å²) in [6, 6.07) is 82.9. The van der Waals surface area contributed by atoms with Crippen LogP contribution < -0.4 is 4.90 Å². The molecule has 0 radical (unpaired) electrons. The predicted octanol–water partition coefficient (Wildman–Crippen LogP) is 16.3. The van der Waals surface area contributed by atoms with Crippen molar-refractivity contribution in [3.63, 3.8) is 0 Å². The molecule has 12 rings (SSSR count). The number of nitrogens with zero attached hydrogens (tertiary/aromatic N) is 2. The molecule has 0 fully saturated rings. The van der Waals surface area contributed by atoms with Gasteiger partial charge in [0.2, 0.25) is 0 Å². The molecule has 0 unspecified atom stereocenters. The van der Waals surface area contributed by atoms with Gasteiger partial charge in [0.25, 0.3) is 0 Å². The van der Waals surface area contributed by atoms with Crippen LogP contribution in [-0.4, -0.2) is 4.57 Å². The Morgan fingerprint density at radius 3 is 1.84 bits per heavy atom. The van der Waals surface area contributed by atoms with Gasteiger partial charge in [-0.3, -0.25) is 0 Å². The molecule has 12 aromatic rings. The van der Waals surface area contributed by atoms with Crippen molar-refractivity contribution in [2.75, 3.05) is 4.90 Å². The van der Waals surface area contributed by atoms with Crippen LogP contribution in [0, 0.1) is 0 Å². The molecule has 2 heterocycles. The molecule has 3 heteroatoms. The molecule has 0 aliphatic carbocycles. The number of rotatable bonds is 7. The molecular formula is C58H38N2O. The summed E-state index contributed by atoms with van der Waals surface area (Å²) < 4.78 is 9.24. The van der Waals surface area contributed by atoms with Gasteiger partial charge in [-0.25, -0.2) is 0 Å². The fourth-order valence-corrected chi connectivity index (χ4v) is 9.55. The molecule has 286 valence electrons. The Morgan fingerprint density at radius 2 is 0.967 bits per heavy atom. The van der Waals surface area contributed by atoms with E-state index in [0.717, 1.165) is 61.4 Å². The van der Waals surface area contributed by atoms with Gasteiger partial charge in [0.05, 0.1) is 22.4 Å². The summed E-state index contributed by atoms with van der Waals surface area (Å²) in [4.78, 5) is 2.40. The van der Waals surface area contributed by atoms with E-state index in [1.54, 1.807) is 0 Å². The van der Waals surface area contributed by atoms with E-state index in [1.807, 2.05) is 6.07 Å². The van der Waals surface area contributed by atoms with Crippen LogP contribution in [0.5, 0.6) is 0 Å². The van der Waals surface area contributed by atoms with Gasteiger partial charge in [0.1, 0.15) is 5.58 Å². The Labute approximate surface area is 353 Å². The van der Waals surface area contributed by atoms with Crippen LogP contribution in [0.15, 0.2) is 235 Å². The Balaban J connectivity index is 1.13. The number of aromatic nitrogens is 1. The molecule has 0 aliphatic heterocycles. The zero-order chi connectivity index (χ0) is 40.3. The third-order valence-electron chi connectivity index (χ3n) is 12.2. The standard InChI is InChI=1S/C58H38N2O/c1-3-18-39(19-4-1)44-29-14-20-40-21-15-31-49(56(40)44)46-26-7-10-34-52(46)59(54-36-17-33-51-48-28-9-12-37-55(48)61-58(51)54)43-25-13-22-41(38-43)45-30-16-32-50-47-27-8-11-35-53(47)60(57(45)50)42-23-5-2-6-24-42/h1-38H. The van der Waals surface area contributed by atoms with Crippen LogP contribution in [0.25, 0.3) is 93.6 Å². The van der Waals surface area contributed by atoms with Crippen molar-refractivity contribution in [2.45, 2.75) is 0 Å². The highest BCUT2D eigenvalue weighted by Crippen LogP contribution is 2.48. The van der Waals surface area contributed by atoms with Crippen molar-refractivity contribution in [1.82, 2.24) is 4.57 Å². The molecule has 3 nitrogen and oxygen atoms in total. The SMILES string of the molecule is c1ccc(-c2cccc3cccc(-c4ccccc4N(c4cccc(-c5cccc6c7ccccc7n(-c7ccccc7)c56)c4)c4cccc5c4oc4ccccc45)c23)cc1. The lowest BCUT2D eigenvalue weighted by Crippen LogP contribution is -2.11. The third-order valence-corrected chi connectivity index (χ3v) is 12.2. The van der Waals surface area contributed by atoms with Crippen molar-refractivity contribution >= 4 is 71.6 Å². The fourth-order valence-electron chi connectivity index (χ4n) is 9.55. The second-order valence-corrected chi connectivity index (χ2v) is 15.6. The molecule has 0 aliphatic rings. The third kappa shape index (κ3) is 5.66. The minimum absolute atomic E-state index is 0.845. The van der Waals surface area contributed by atoms with Crippen molar-refractivity contribution in [3.8, 4) is 39.1 Å². The number of benzene rings is 10. The van der Waals surface area contributed by atoms with E-state index < -0.39 is 0 Å². The first-order chi connectivity index (χ1) is 30.3. The van der Waals surface area contributed by atoms with Crippen LogP contribution in [0.4, 0.5) is 17.1 Å². The second-order valence-electron chi connectivity index (χ2n) is 15.6. The predicted molar refractivity (Wildman–Crippen MR) is 257 cm³/mol. The van der Waals surface area contributed by atoms with E-state index >= 15 is 0 Å². The summed E-state index contributed by atoms with van der Waals surface area (Å²) in [5, 5.41) is 7.06. The van der Waals surface area contributed by atoms with E-state index in [9.17, 15) is 0 Å². The fraction of sp³-hybridized carbons (Fsp3) is 0. The maximum atomic E-state index is 6.83. The monoisotopic (exact) mass is 778 g/mol. The summed E-state index contributed by atoms with van der Waals surface area (Å²) in [6.45, 7) is 0. The zero-order valence-corrected chi connectivity index (χ0v) is 33.2. The highest BCUT2D eigenvalue weighted by Gasteiger charge is 2.24. The smallest absolute Gasteiger partial charge is 0.159 e. The van der Waals surface area contributed by atoms with E-state index in [0.29, 0.717) is 0 Å². The molecule has 61 heavy (non-hydrogen) atoms. The van der Waals surface area contributed by atoms with Gasteiger partial charge in [-0.05, 0) is 81.6 Å². The Hall–Kier alpha value is -8.14. The van der Waals surface area contributed by atoms with E-state index in [1.165, 1.54) is 49.3 Å². The first-order valence-corrected chi connectivity index (χ1v) is 20.9. The number of fused-ring (bicyclic) bond motifs is 7. The van der Waals surface area contributed by atoms with Crippen molar-refractivity contribution in [1.29, 1.82) is 0 Å². The molecule has 10 aromatic carbocycles. The molecule has 0 spiro atoms. The minimum Gasteiger partial charge on any atom is -0.454 e. The summed E-state index contributed by atoms with van der Waals surface area (Å²) in [5.74, 6) is 0. The van der Waals surface area contributed by atoms with Gasteiger partial charge in [-0.15, -0.1) is 0 Å². The van der Waals surface area contributed by atoms with Crippen molar-refractivity contribution in [3.05, 3.63) is 231 Å². The van der Waals surface area contributed by atoms with Gasteiger partial charge in [0.15, 0.2) is 5.58 Å². The van der Waals surface area contributed by atoms with Crippen LogP contribution in [0.3, 0.4) is 0 Å². The first kappa shape index (κ1) is 34.9. The molecule has 0 saturated carbocycles. The number of para-hydroxylation sites is 6. The second kappa shape index (κ2) is 14.3. The molecule has 0 atom stereocenters. The first-order valence-electron chi connectivity index (χ1n) is 20.9. The number of furan rings is 1. The van der Waals surface area contributed by atoms with E-state index in [2.05, 4.69) is 234 Å². The maximum absolute atomic E-state index is 6.83.